The number of urea groups is 1. The van der Waals surface area contributed by atoms with Crippen LogP contribution in [0.2, 0.25) is 5.02 Å². The van der Waals surface area contributed by atoms with Gasteiger partial charge < -0.3 is 9.47 Å². The summed E-state index contributed by atoms with van der Waals surface area (Å²) in [5.41, 5.74) is 1.61. The molecule has 0 spiro atoms. The fraction of sp³-hybridized carbons (Fsp3) is 0.0800. The summed E-state index contributed by atoms with van der Waals surface area (Å²) in [6.45, 7) is 0.300. The summed E-state index contributed by atoms with van der Waals surface area (Å²) in [4.78, 5) is 39.0. The Morgan fingerprint density at radius 1 is 1.09 bits per heavy atom. The fourth-order valence-electron chi connectivity index (χ4n) is 3.37. The third kappa shape index (κ3) is 5.68. The van der Waals surface area contributed by atoms with Gasteiger partial charge >= 0.3 is 6.03 Å². The Morgan fingerprint density at radius 3 is 2.51 bits per heavy atom. The van der Waals surface area contributed by atoms with Gasteiger partial charge in [-0.3, -0.25) is 14.9 Å². The molecular formula is C25H17BrClIN2O5. The second-order valence-electron chi connectivity index (χ2n) is 7.39. The summed E-state index contributed by atoms with van der Waals surface area (Å²) in [5, 5.41) is 2.86. The van der Waals surface area contributed by atoms with Crippen LogP contribution in [0, 0.1) is 3.57 Å². The number of hydrogen-bond donors (Lipinski definition) is 1. The van der Waals surface area contributed by atoms with E-state index in [-0.39, 0.29) is 5.57 Å². The highest BCUT2D eigenvalue weighted by atomic mass is 127. The largest absolute Gasteiger partial charge is 0.493 e. The van der Waals surface area contributed by atoms with Crippen LogP contribution in [0.5, 0.6) is 11.5 Å². The Labute approximate surface area is 228 Å². The van der Waals surface area contributed by atoms with Gasteiger partial charge in [0.25, 0.3) is 11.8 Å². The SMILES string of the molecule is COc1cc(C=C2C(=O)NC(=O)N(c3cccc(Br)c3)C2=O)cc(I)c1OCc1ccc(Cl)cc1. The second kappa shape index (κ2) is 10.8. The molecule has 1 saturated heterocycles. The van der Waals surface area contributed by atoms with Crippen molar-refractivity contribution in [2.45, 2.75) is 6.61 Å². The normalized spacial score (nSPS) is 14.8. The smallest absolute Gasteiger partial charge is 0.335 e. The molecule has 0 atom stereocenters. The molecule has 178 valence electrons. The number of benzene rings is 3. The number of carbonyl (C=O) groups excluding carboxylic acids is 3. The molecule has 35 heavy (non-hydrogen) atoms. The number of amides is 4. The van der Waals surface area contributed by atoms with Gasteiger partial charge in [-0.05, 0) is 82.3 Å². The molecule has 0 unspecified atom stereocenters. The number of nitrogens with one attached hydrogen (secondary N) is 1. The van der Waals surface area contributed by atoms with Crippen molar-refractivity contribution in [1.82, 2.24) is 5.32 Å². The van der Waals surface area contributed by atoms with E-state index < -0.39 is 17.8 Å². The molecule has 1 aliphatic rings. The Morgan fingerprint density at radius 2 is 1.83 bits per heavy atom. The third-order valence-electron chi connectivity index (χ3n) is 5.03. The zero-order valence-corrected chi connectivity index (χ0v) is 22.7. The fourth-order valence-corrected chi connectivity index (χ4v) is 4.67. The van der Waals surface area contributed by atoms with Crippen LogP contribution in [0.1, 0.15) is 11.1 Å². The van der Waals surface area contributed by atoms with E-state index in [1.165, 1.54) is 13.2 Å². The second-order valence-corrected chi connectivity index (χ2v) is 9.90. The number of rotatable bonds is 6. The average Bonchev–Trinajstić information content (AvgIpc) is 2.82. The van der Waals surface area contributed by atoms with Crippen molar-refractivity contribution in [3.05, 3.63) is 90.4 Å². The summed E-state index contributed by atoms with van der Waals surface area (Å²) in [6, 6.07) is 16.6. The topological polar surface area (TPSA) is 84.9 Å². The first-order chi connectivity index (χ1) is 16.8. The van der Waals surface area contributed by atoms with Crippen molar-refractivity contribution in [3.63, 3.8) is 0 Å². The molecule has 1 aliphatic heterocycles. The summed E-state index contributed by atoms with van der Waals surface area (Å²) in [6.07, 6.45) is 1.42. The first-order valence-corrected chi connectivity index (χ1v) is 12.4. The number of carbonyl (C=O) groups is 3. The molecule has 0 aromatic heterocycles. The highest BCUT2D eigenvalue weighted by molar-refractivity contribution is 14.1. The maximum Gasteiger partial charge on any atom is 0.335 e. The van der Waals surface area contributed by atoms with E-state index in [0.717, 1.165) is 10.5 Å². The number of imide groups is 2. The molecule has 0 saturated carbocycles. The van der Waals surface area contributed by atoms with Crippen LogP contribution in [0.3, 0.4) is 0 Å². The van der Waals surface area contributed by atoms with Crippen LogP contribution in [-0.2, 0) is 16.2 Å². The maximum atomic E-state index is 13.1. The summed E-state index contributed by atoms with van der Waals surface area (Å²) in [5.74, 6) is -0.547. The van der Waals surface area contributed by atoms with Gasteiger partial charge in [0, 0.05) is 9.50 Å². The van der Waals surface area contributed by atoms with Crippen molar-refractivity contribution >= 4 is 79.7 Å². The Kier molecular flexibility index (Phi) is 7.78. The number of halogens is 3. The lowest BCUT2D eigenvalue weighted by molar-refractivity contribution is -0.122. The number of barbiturate groups is 1. The van der Waals surface area contributed by atoms with Gasteiger partial charge in [-0.2, -0.15) is 0 Å². The van der Waals surface area contributed by atoms with Gasteiger partial charge in [0.05, 0.1) is 16.4 Å². The molecule has 4 rings (SSSR count). The highest BCUT2D eigenvalue weighted by Gasteiger charge is 2.37. The van der Waals surface area contributed by atoms with Crippen LogP contribution >= 0.6 is 50.1 Å². The van der Waals surface area contributed by atoms with Gasteiger partial charge in [-0.15, -0.1) is 0 Å². The number of anilines is 1. The molecule has 3 aromatic rings. The molecule has 3 aromatic carbocycles. The molecule has 7 nitrogen and oxygen atoms in total. The van der Waals surface area contributed by atoms with E-state index in [1.54, 1.807) is 48.5 Å². The Hall–Kier alpha value is -2.89. The monoisotopic (exact) mass is 666 g/mol. The van der Waals surface area contributed by atoms with Crippen molar-refractivity contribution in [2.75, 3.05) is 12.0 Å². The van der Waals surface area contributed by atoms with E-state index >= 15 is 0 Å². The minimum absolute atomic E-state index is 0.183. The molecule has 4 amide bonds. The lowest BCUT2D eigenvalue weighted by Gasteiger charge is -2.26. The van der Waals surface area contributed by atoms with Gasteiger partial charge in [0.1, 0.15) is 12.2 Å². The van der Waals surface area contributed by atoms with Crippen LogP contribution in [-0.4, -0.2) is 25.0 Å². The molecule has 0 bridgehead atoms. The summed E-state index contributed by atoms with van der Waals surface area (Å²) in [7, 11) is 1.50. The van der Waals surface area contributed by atoms with Crippen molar-refractivity contribution in [2.24, 2.45) is 0 Å². The van der Waals surface area contributed by atoms with Gasteiger partial charge in [0.2, 0.25) is 0 Å². The quantitative estimate of drug-likeness (QED) is 0.199. The third-order valence-corrected chi connectivity index (χ3v) is 6.57. The number of nitrogens with zero attached hydrogens (tertiary/aromatic N) is 1. The maximum absolute atomic E-state index is 13.1. The lowest BCUT2D eigenvalue weighted by Crippen LogP contribution is -2.54. The summed E-state index contributed by atoms with van der Waals surface area (Å²) >= 11 is 11.4. The van der Waals surface area contributed by atoms with Crippen LogP contribution < -0.4 is 19.7 Å². The van der Waals surface area contributed by atoms with Crippen molar-refractivity contribution in [1.29, 1.82) is 0 Å². The van der Waals surface area contributed by atoms with Crippen LogP contribution in [0.4, 0.5) is 10.5 Å². The molecule has 0 aliphatic carbocycles. The van der Waals surface area contributed by atoms with E-state index in [0.29, 0.717) is 42.4 Å². The first-order valence-electron chi connectivity index (χ1n) is 10.2. The molecule has 1 N–H and O–H groups in total. The zero-order valence-electron chi connectivity index (χ0n) is 18.2. The first kappa shape index (κ1) is 25.2. The Bertz CT molecular complexity index is 1360. The van der Waals surface area contributed by atoms with Gasteiger partial charge in [0.15, 0.2) is 11.5 Å². The van der Waals surface area contributed by atoms with E-state index in [4.69, 9.17) is 21.1 Å². The lowest BCUT2D eigenvalue weighted by atomic mass is 10.1. The highest BCUT2D eigenvalue weighted by Crippen LogP contribution is 2.35. The van der Waals surface area contributed by atoms with E-state index in [9.17, 15) is 14.4 Å². The van der Waals surface area contributed by atoms with E-state index in [1.807, 2.05) is 12.1 Å². The van der Waals surface area contributed by atoms with Crippen LogP contribution in [0.25, 0.3) is 6.08 Å². The number of methoxy groups -OCH3 is 1. The van der Waals surface area contributed by atoms with Crippen molar-refractivity contribution < 1.29 is 23.9 Å². The number of ether oxygens (including phenoxy) is 2. The minimum Gasteiger partial charge on any atom is -0.493 e. The predicted octanol–water partition coefficient (Wildman–Crippen LogP) is 5.96. The molecular weight excluding hydrogens is 651 g/mol. The molecule has 10 heteroatoms. The van der Waals surface area contributed by atoms with Crippen LogP contribution in [0.15, 0.2) is 70.7 Å². The molecule has 1 heterocycles. The van der Waals surface area contributed by atoms with E-state index in [2.05, 4.69) is 43.8 Å². The van der Waals surface area contributed by atoms with Gasteiger partial charge in [-0.1, -0.05) is 45.7 Å². The van der Waals surface area contributed by atoms with Gasteiger partial charge in [-0.25, -0.2) is 9.69 Å². The molecule has 0 radical (unpaired) electrons. The predicted molar refractivity (Wildman–Crippen MR) is 145 cm³/mol. The number of hydrogen-bond acceptors (Lipinski definition) is 5. The zero-order chi connectivity index (χ0) is 25.1. The summed E-state index contributed by atoms with van der Waals surface area (Å²) < 4.78 is 12.9. The Balaban J connectivity index is 1.64. The van der Waals surface area contributed by atoms with Crippen molar-refractivity contribution in [3.8, 4) is 11.5 Å². The molecule has 1 fully saturated rings. The standard InChI is InChI=1S/C25H17BrClIN2O5/c1-34-21-11-15(10-20(28)22(21)35-13-14-5-7-17(27)8-6-14)9-19-23(31)29-25(33)30(24(19)32)18-4-2-3-16(26)12-18/h2-12H,13H2,1H3,(H,29,31,33). The minimum atomic E-state index is -0.812. The average molecular weight is 668 g/mol.